The Labute approximate surface area is 59.7 Å². The summed E-state index contributed by atoms with van der Waals surface area (Å²) >= 11 is 0. The summed E-state index contributed by atoms with van der Waals surface area (Å²) in [4.78, 5) is 15.5. The first kappa shape index (κ1) is 7.50. The van der Waals surface area contributed by atoms with Gasteiger partial charge in [-0.05, 0) is 12.8 Å². The van der Waals surface area contributed by atoms with E-state index in [4.69, 9.17) is 10.6 Å². The fraction of sp³-hybridized carbons (Fsp3) is 0.833. The maximum absolute atomic E-state index is 10.8. The lowest BCUT2D eigenvalue weighted by Gasteiger charge is -2.01. The van der Waals surface area contributed by atoms with E-state index >= 15 is 0 Å². The predicted molar refractivity (Wildman–Crippen MR) is 35.9 cm³/mol. The highest BCUT2D eigenvalue weighted by Gasteiger charge is 2.29. The highest BCUT2D eigenvalue weighted by atomic mass is 16.6. The van der Waals surface area contributed by atoms with Crippen LogP contribution in [-0.2, 0) is 9.63 Å². The second-order valence-electron chi connectivity index (χ2n) is 2.38. The number of amides is 1. The van der Waals surface area contributed by atoms with Gasteiger partial charge in [0, 0.05) is 12.5 Å². The molecule has 0 aromatic rings. The second-order valence-corrected chi connectivity index (χ2v) is 2.38. The fourth-order valence-corrected chi connectivity index (χ4v) is 0.610. The molecule has 0 unspecified atom stereocenters. The molecule has 1 aliphatic rings. The lowest BCUT2D eigenvalue weighted by atomic mass is 10.4. The molecular weight excluding hydrogens is 132 g/mol. The van der Waals surface area contributed by atoms with Gasteiger partial charge in [-0.25, -0.2) is 5.48 Å². The standard InChI is InChI=1S/C6H12N2O2/c7-3-4-10-8-6(9)5-1-2-5/h5H,1-4,7H2,(H,8,9). The molecule has 0 atom stereocenters. The second kappa shape index (κ2) is 3.53. The first-order chi connectivity index (χ1) is 4.84. The molecular formula is C6H12N2O2. The number of hydrogen-bond donors (Lipinski definition) is 2. The number of nitrogens with one attached hydrogen (secondary N) is 1. The molecule has 1 saturated carbocycles. The van der Waals surface area contributed by atoms with Gasteiger partial charge in [-0.15, -0.1) is 0 Å². The molecule has 58 valence electrons. The van der Waals surface area contributed by atoms with Crippen molar-refractivity contribution in [2.24, 2.45) is 11.7 Å². The van der Waals surface area contributed by atoms with Crippen LogP contribution in [0, 0.1) is 5.92 Å². The monoisotopic (exact) mass is 144 g/mol. The third kappa shape index (κ3) is 2.33. The highest BCUT2D eigenvalue weighted by molar-refractivity contribution is 5.79. The van der Waals surface area contributed by atoms with Crippen LogP contribution >= 0.6 is 0 Å². The number of carbonyl (C=O) groups excluding carboxylic acids is 1. The van der Waals surface area contributed by atoms with E-state index in [2.05, 4.69) is 5.48 Å². The van der Waals surface area contributed by atoms with Crippen molar-refractivity contribution in [1.82, 2.24) is 5.48 Å². The van der Waals surface area contributed by atoms with Crippen LogP contribution in [0.15, 0.2) is 0 Å². The average Bonchev–Trinajstić information content (AvgIpc) is 2.69. The molecule has 10 heavy (non-hydrogen) atoms. The molecule has 0 aromatic heterocycles. The molecule has 3 N–H and O–H groups in total. The van der Waals surface area contributed by atoms with Gasteiger partial charge in [0.25, 0.3) is 0 Å². The van der Waals surface area contributed by atoms with Gasteiger partial charge in [0.05, 0.1) is 6.61 Å². The Morgan fingerprint density at radius 1 is 1.70 bits per heavy atom. The number of nitrogens with two attached hydrogens (primary N) is 1. The van der Waals surface area contributed by atoms with E-state index in [0.29, 0.717) is 13.2 Å². The molecule has 4 nitrogen and oxygen atoms in total. The van der Waals surface area contributed by atoms with E-state index in [1.165, 1.54) is 0 Å². The van der Waals surface area contributed by atoms with E-state index in [0.717, 1.165) is 12.8 Å². The maximum Gasteiger partial charge on any atom is 0.246 e. The van der Waals surface area contributed by atoms with E-state index in [1.807, 2.05) is 0 Å². The maximum atomic E-state index is 10.8. The lowest BCUT2D eigenvalue weighted by molar-refractivity contribution is -0.134. The molecule has 1 rings (SSSR count). The Bertz CT molecular complexity index is 123. The zero-order valence-electron chi connectivity index (χ0n) is 5.80. The summed E-state index contributed by atoms with van der Waals surface area (Å²) in [7, 11) is 0. The van der Waals surface area contributed by atoms with Crippen LogP contribution < -0.4 is 11.2 Å². The number of carbonyl (C=O) groups is 1. The van der Waals surface area contributed by atoms with Gasteiger partial charge in [-0.1, -0.05) is 0 Å². The van der Waals surface area contributed by atoms with E-state index < -0.39 is 0 Å². The van der Waals surface area contributed by atoms with Gasteiger partial charge in [0.2, 0.25) is 5.91 Å². The highest BCUT2D eigenvalue weighted by Crippen LogP contribution is 2.28. The molecule has 4 heteroatoms. The predicted octanol–water partition coefficient (Wildman–Crippen LogP) is -0.597. The average molecular weight is 144 g/mol. The van der Waals surface area contributed by atoms with Crippen molar-refractivity contribution in [3.05, 3.63) is 0 Å². The quantitative estimate of drug-likeness (QED) is 0.409. The Hall–Kier alpha value is -0.610. The minimum atomic E-state index is -0.00606. The van der Waals surface area contributed by atoms with Crippen LogP contribution in [0.4, 0.5) is 0 Å². The molecule has 0 aromatic carbocycles. The summed E-state index contributed by atoms with van der Waals surface area (Å²) in [5, 5.41) is 0. The van der Waals surface area contributed by atoms with Crippen molar-refractivity contribution >= 4 is 5.91 Å². The zero-order valence-corrected chi connectivity index (χ0v) is 5.80. The summed E-state index contributed by atoms with van der Waals surface area (Å²) < 4.78 is 0. The van der Waals surface area contributed by atoms with Crippen molar-refractivity contribution in [1.29, 1.82) is 0 Å². The van der Waals surface area contributed by atoms with Gasteiger partial charge in [-0.2, -0.15) is 0 Å². The van der Waals surface area contributed by atoms with Crippen LogP contribution in [0.2, 0.25) is 0 Å². The van der Waals surface area contributed by atoms with E-state index in [9.17, 15) is 4.79 Å². The molecule has 1 fully saturated rings. The van der Waals surface area contributed by atoms with Gasteiger partial charge in [0.15, 0.2) is 0 Å². The minimum Gasteiger partial charge on any atom is -0.328 e. The van der Waals surface area contributed by atoms with Gasteiger partial charge in [-0.3, -0.25) is 9.63 Å². The van der Waals surface area contributed by atoms with E-state index in [1.54, 1.807) is 0 Å². The summed E-state index contributed by atoms with van der Waals surface area (Å²) in [5.41, 5.74) is 7.46. The normalized spacial score (nSPS) is 16.9. The van der Waals surface area contributed by atoms with Gasteiger partial charge < -0.3 is 5.73 Å². The smallest absolute Gasteiger partial charge is 0.246 e. The topological polar surface area (TPSA) is 64.3 Å². The Morgan fingerprint density at radius 3 is 2.90 bits per heavy atom. The van der Waals surface area contributed by atoms with Gasteiger partial charge >= 0.3 is 0 Å². The lowest BCUT2D eigenvalue weighted by Crippen LogP contribution is -2.27. The fourth-order valence-electron chi connectivity index (χ4n) is 0.610. The molecule has 1 aliphatic carbocycles. The first-order valence-corrected chi connectivity index (χ1v) is 3.46. The number of hydrogen-bond acceptors (Lipinski definition) is 3. The molecule has 0 radical (unpaired) electrons. The first-order valence-electron chi connectivity index (χ1n) is 3.46. The molecule has 0 aliphatic heterocycles. The van der Waals surface area contributed by atoms with E-state index in [-0.39, 0.29) is 11.8 Å². The van der Waals surface area contributed by atoms with Crippen molar-refractivity contribution in [3.8, 4) is 0 Å². The van der Waals surface area contributed by atoms with Crippen molar-refractivity contribution in [2.45, 2.75) is 12.8 Å². The Kier molecular flexibility index (Phi) is 2.65. The molecule has 0 bridgehead atoms. The van der Waals surface area contributed by atoms with Crippen LogP contribution in [0.3, 0.4) is 0 Å². The SMILES string of the molecule is NCCONC(=O)C1CC1. The molecule has 0 spiro atoms. The van der Waals surface area contributed by atoms with Gasteiger partial charge in [0.1, 0.15) is 0 Å². The summed E-state index contributed by atoms with van der Waals surface area (Å²) in [6, 6.07) is 0. The molecule has 1 amide bonds. The molecule has 0 heterocycles. The summed E-state index contributed by atoms with van der Waals surface area (Å²) in [5.74, 6) is 0.200. The third-order valence-electron chi connectivity index (χ3n) is 1.34. The zero-order chi connectivity index (χ0) is 7.40. The van der Waals surface area contributed by atoms with Crippen LogP contribution in [0.25, 0.3) is 0 Å². The largest absolute Gasteiger partial charge is 0.328 e. The molecule has 0 saturated heterocycles. The number of rotatable bonds is 4. The van der Waals surface area contributed by atoms with Crippen molar-refractivity contribution in [2.75, 3.05) is 13.2 Å². The van der Waals surface area contributed by atoms with Crippen molar-refractivity contribution < 1.29 is 9.63 Å². The summed E-state index contributed by atoms with van der Waals surface area (Å²) in [6.07, 6.45) is 2.00. The van der Waals surface area contributed by atoms with Crippen LogP contribution in [0.5, 0.6) is 0 Å². The summed E-state index contributed by atoms with van der Waals surface area (Å²) in [6.45, 7) is 0.823. The Balaban J connectivity index is 1.95. The third-order valence-corrected chi connectivity index (χ3v) is 1.34. The minimum absolute atomic E-state index is 0.00606. The Morgan fingerprint density at radius 2 is 2.40 bits per heavy atom. The van der Waals surface area contributed by atoms with Crippen LogP contribution in [0.1, 0.15) is 12.8 Å². The number of hydroxylamine groups is 1. The van der Waals surface area contributed by atoms with Crippen LogP contribution in [-0.4, -0.2) is 19.1 Å². The van der Waals surface area contributed by atoms with Crippen molar-refractivity contribution in [3.63, 3.8) is 0 Å².